The van der Waals surface area contributed by atoms with Gasteiger partial charge in [-0.15, -0.1) is 0 Å². The van der Waals surface area contributed by atoms with Gasteiger partial charge in [-0.05, 0) is 61.9 Å². The fourth-order valence-corrected chi connectivity index (χ4v) is 4.54. The van der Waals surface area contributed by atoms with Crippen LogP contribution in [0, 0.1) is 5.92 Å². The Morgan fingerprint density at radius 2 is 1.70 bits per heavy atom. The van der Waals surface area contributed by atoms with E-state index in [1.807, 2.05) is 38.1 Å². The number of fused-ring (bicyclic) bond motifs is 1. The molecule has 3 atom stereocenters. The van der Waals surface area contributed by atoms with E-state index in [9.17, 15) is 24.4 Å². The van der Waals surface area contributed by atoms with E-state index in [1.54, 1.807) is 24.4 Å². The molecule has 11 nitrogen and oxygen atoms in total. The number of para-hydroxylation sites is 1. The Morgan fingerprint density at radius 1 is 0.975 bits per heavy atom. The van der Waals surface area contributed by atoms with Crippen molar-refractivity contribution in [3.8, 4) is 0 Å². The van der Waals surface area contributed by atoms with Gasteiger partial charge >= 0.3 is 7.12 Å². The third-order valence-electron chi connectivity index (χ3n) is 6.61. The normalized spacial score (nSPS) is 13.4. The average molecular weight is 550 g/mol. The number of hydrogen-bond donors (Lipinski definition) is 7. The molecular formula is C28H39BN6O5. The number of rotatable bonds is 15. The lowest BCUT2D eigenvalue weighted by Crippen LogP contribution is -2.57. The molecule has 0 radical (unpaired) electrons. The Balaban J connectivity index is 1.84. The van der Waals surface area contributed by atoms with Crippen molar-refractivity contribution in [2.24, 2.45) is 11.7 Å². The van der Waals surface area contributed by atoms with Gasteiger partial charge in [0.05, 0.1) is 5.94 Å². The van der Waals surface area contributed by atoms with Crippen LogP contribution in [-0.4, -0.2) is 69.4 Å². The number of aromatic amines is 1. The lowest BCUT2D eigenvalue weighted by Gasteiger charge is -2.26. The monoisotopic (exact) mass is 550 g/mol. The average Bonchev–Trinajstić information content (AvgIpc) is 3.34. The van der Waals surface area contributed by atoms with Crippen LogP contribution in [0.1, 0.15) is 55.6 Å². The Bertz CT molecular complexity index is 1250. The van der Waals surface area contributed by atoms with Crippen LogP contribution in [-0.2, 0) is 16.0 Å². The second kappa shape index (κ2) is 15.2. The number of hydrogen-bond acceptors (Lipinski definition) is 7. The minimum atomic E-state index is -1.75. The molecule has 0 saturated carbocycles. The van der Waals surface area contributed by atoms with Crippen LogP contribution in [0.3, 0.4) is 0 Å². The Kier molecular flexibility index (Phi) is 11.7. The van der Waals surface area contributed by atoms with E-state index in [-0.39, 0.29) is 18.0 Å². The molecule has 1 aromatic carbocycles. The summed E-state index contributed by atoms with van der Waals surface area (Å²) in [5, 5.41) is 28.7. The number of H-pyrrole nitrogens is 1. The summed E-state index contributed by atoms with van der Waals surface area (Å²) < 4.78 is 0. The predicted octanol–water partition coefficient (Wildman–Crippen LogP) is 1.06. The van der Waals surface area contributed by atoms with E-state index in [4.69, 9.17) is 5.73 Å². The minimum absolute atomic E-state index is 0.0970. The van der Waals surface area contributed by atoms with E-state index < -0.39 is 42.9 Å². The Morgan fingerprint density at radius 3 is 2.38 bits per heavy atom. The van der Waals surface area contributed by atoms with Crippen LogP contribution < -0.4 is 21.7 Å². The molecule has 0 aliphatic rings. The van der Waals surface area contributed by atoms with Gasteiger partial charge in [0, 0.05) is 29.7 Å². The number of unbranched alkanes of at least 4 members (excludes halogenated alkanes) is 1. The molecule has 8 N–H and O–H groups in total. The zero-order valence-electron chi connectivity index (χ0n) is 23.0. The first kappa shape index (κ1) is 30.8. The summed E-state index contributed by atoms with van der Waals surface area (Å²) in [6.45, 7) is 4.24. The standard InChI is InChI=1S/C28H39BN6O5/c1-18(2)15-25(29(39)40)35-27(37)23(12-5-7-13-30)33-28(38)24(34-26(36)22-11-6-8-14-31-22)16-19-17-32-21-10-4-3-9-20(19)21/h3-4,6,8-11,14,17-18,23-25,32,39-40H,5,7,12-13,15-16,30H2,1-2H3,(H,33,38)(H,34,36)(H,35,37)/t23-,24-,25-/m0/s1. The molecule has 0 unspecified atom stereocenters. The lowest BCUT2D eigenvalue weighted by atomic mass is 9.75. The van der Waals surface area contributed by atoms with E-state index in [0.29, 0.717) is 32.2 Å². The van der Waals surface area contributed by atoms with Gasteiger partial charge in [-0.3, -0.25) is 19.4 Å². The number of nitrogens with two attached hydrogens (primary N) is 1. The molecule has 3 rings (SSSR count). The number of amides is 3. The Labute approximate surface area is 234 Å². The predicted molar refractivity (Wildman–Crippen MR) is 154 cm³/mol. The number of pyridine rings is 1. The number of carbonyl (C=O) groups excluding carboxylic acids is 3. The van der Waals surface area contributed by atoms with Crippen molar-refractivity contribution in [1.29, 1.82) is 0 Å². The lowest BCUT2D eigenvalue weighted by molar-refractivity contribution is -0.130. The maximum atomic E-state index is 13.7. The van der Waals surface area contributed by atoms with Gasteiger partial charge in [-0.2, -0.15) is 0 Å². The summed E-state index contributed by atoms with van der Waals surface area (Å²) in [6, 6.07) is 10.6. The molecule has 2 heterocycles. The van der Waals surface area contributed by atoms with Crippen molar-refractivity contribution in [2.45, 2.75) is 64.0 Å². The zero-order valence-corrected chi connectivity index (χ0v) is 23.0. The van der Waals surface area contributed by atoms with E-state index in [2.05, 4.69) is 25.9 Å². The molecule has 0 fully saturated rings. The highest BCUT2D eigenvalue weighted by molar-refractivity contribution is 6.43. The smallest absolute Gasteiger partial charge is 0.426 e. The number of benzene rings is 1. The molecule has 40 heavy (non-hydrogen) atoms. The second-order valence-electron chi connectivity index (χ2n) is 10.3. The third kappa shape index (κ3) is 8.90. The molecule has 214 valence electrons. The van der Waals surface area contributed by atoms with Crippen LogP contribution in [0.5, 0.6) is 0 Å². The highest BCUT2D eigenvalue weighted by Gasteiger charge is 2.32. The van der Waals surface area contributed by atoms with Crippen molar-refractivity contribution in [1.82, 2.24) is 25.9 Å². The maximum Gasteiger partial charge on any atom is 0.475 e. The van der Waals surface area contributed by atoms with Crippen LogP contribution in [0.2, 0.25) is 0 Å². The molecule has 2 aromatic heterocycles. The number of aromatic nitrogens is 2. The minimum Gasteiger partial charge on any atom is -0.426 e. The third-order valence-corrected chi connectivity index (χ3v) is 6.61. The molecule has 12 heteroatoms. The van der Waals surface area contributed by atoms with Crippen molar-refractivity contribution < 1.29 is 24.4 Å². The van der Waals surface area contributed by atoms with Crippen LogP contribution in [0.15, 0.2) is 54.9 Å². The first-order valence-corrected chi connectivity index (χ1v) is 13.6. The largest absolute Gasteiger partial charge is 0.475 e. The van der Waals surface area contributed by atoms with Crippen molar-refractivity contribution >= 4 is 35.7 Å². The molecule has 0 spiro atoms. The Hall–Kier alpha value is -3.74. The van der Waals surface area contributed by atoms with Gasteiger partial charge in [0.1, 0.15) is 17.8 Å². The summed E-state index contributed by atoms with van der Waals surface area (Å²) >= 11 is 0. The number of carbonyl (C=O) groups is 3. The molecule has 3 aromatic rings. The topological polar surface area (TPSA) is 182 Å². The van der Waals surface area contributed by atoms with Crippen LogP contribution in [0.4, 0.5) is 0 Å². The van der Waals surface area contributed by atoms with Crippen molar-refractivity contribution in [2.75, 3.05) is 6.54 Å². The van der Waals surface area contributed by atoms with Gasteiger partial charge in [-0.1, -0.05) is 38.1 Å². The quantitative estimate of drug-likeness (QED) is 0.109. The molecule has 0 aliphatic carbocycles. The van der Waals surface area contributed by atoms with Crippen molar-refractivity contribution in [3.63, 3.8) is 0 Å². The first-order valence-electron chi connectivity index (χ1n) is 13.6. The van der Waals surface area contributed by atoms with Gasteiger partial charge in [0.2, 0.25) is 11.8 Å². The van der Waals surface area contributed by atoms with Gasteiger partial charge in [0.15, 0.2) is 0 Å². The highest BCUT2D eigenvalue weighted by atomic mass is 16.4. The molecule has 3 amide bonds. The van der Waals surface area contributed by atoms with Gasteiger partial charge < -0.3 is 36.7 Å². The van der Waals surface area contributed by atoms with Crippen LogP contribution in [0.25, 0.3) is 10.9 Å². The fourth-order valence-electron chi connectivity index (χ4n) is 4.54. The van der Waals surface area contributed by atoms with Gasteiger partial charge in [-0.25, -0.2) is 0 Å². The summed E-state index contributed by atoms with van der Waals surface area (Å²) in [4.78, 5) is 47.2. The van der Waals surface area contributed by atoms with E-state index >= 15 is 0 Å². The summed E-state index contributed by atoms with van der Waals surface area (Å²) in [7, 11) is -1.75. The summed E-state index contributed by atoms with van der Waals surface area (Å²) in [5.41, 5.74) is 7.51. The maximum absolute atomic E-state index is 13.7. The molecular weight excluding hydrogens is 511 g/mol. The first-order chi connectivity index (χ1) is 19.2. The van der Waals surface area contributed by atoms with Crippen molar-refractivity contribution in [3.05, 3.63) is 66.1 Å². The second-order valence-corrected chi connectivity index (χ2v) is 10.3. The SMILES string of the molecule is CC(C)C[C@H](NC(=O)[C@H](CCCCN)NC(=O)[C@H](Cc1c[nH]c2ccccc12)NC(=O)c1ccccn1)B(O)O. The summed E-state index contributed by atoms with van der Waals surface area (Å²) in [6.07, 6.45) is 5.30. The summed E-state index contributed by atoms with van der Waals surface area (Å²) in [5.74, 6) is -2.41. The number of nitrogens with one attached hydrogen (secondary N) is 4. The van der Waals surface area contributed by atoms with E-state index in [1.165, 1.54) is 6.20 Å². The highest BCUT2D eigenvalue weighted by Crippen LogP contribution is 2.19. The molecule has 0 bridgehead atoms. The van der Waals surface area contributed by atoms with Gasteiger partial charge in [0.25, 0.3) is 5.91 Å². The fraction of sp³-hybridized carbons (Fsp3) is 0.429. The zero-order chi connectivity index (χ0) is 29.1. The molecule has 0 saturated heterocycles. The van der Waals surface area contributed by atoms with Crippen LogP contribution >= 0.6 is 0 Å². The van der Waals surface area contributed by atoms with E-state index in [0.717, 1.165) is 16.5 Å². The number of nitrogens with zero attached hydrogens (tertiary/aromatic N) is 1. The molecule has 0 aliphatic heterocycles.